The SMILES string of the molecule is CCC[C@]1(OC)/C=C/C[C@H](C)[C@@H](C)S(=O)(=O)NC(=O)c2ccc3c(c2)N(C[C@@H]2CC[C@H]21)C[C@@]1(CCCc2cc(Cl)ccc21)CO3. The molecule has 6 rings (SSSR count). The molecular weight excluding hydrogens is 608 g/mol. The van der Waals surface area contributed by atoms with Gasteiger partial charge in [-0.05, 0) is 111 Å². The first-order chi connectivity index (χ1) is 21.5. The van der Waals surface area contributed by atoms with Gasteiger partial charge in [-0.3, -0.25) is 4.79 Å². The summed E-state index contributed by atoms with van der Waals surface area (Å²) in [4.78, 5) is 15.9. The summed E-state index contributed by atoms with van der Waals surface area (Å²) in [5.41, 5.74) is 3.06. The fourth-order valence-electron chi connectivity index (χ4n) is 8.33. The number of ether oxygens (including phenoxy) is 2. The lowest BCUT2D eigenvalue weighted by Gasteiger charge is -2.50. The molecule has 0 aromatic heterocycles. The van der Waals surface area contributed by atoms with Gasteiger partial charge in [0, 0.05) is 36.2 Å². The van der Waals surface area contributed by atoms with Gasteiger partial charge in [-0.2, -0.15) is 0 Å². The van der Waals surface area contributed by atoms with Crippen molar-refractivity contribution in [2.75, 3.05) is 31.7 Å². The van der Waals surface area contributed by atoms with E-state index in [9.17, 15) is 13.2 Å². The number of benzene rings is 2. The van der Waals surface area contributed by atoms with Crippen LogP contribution in [0, 0.1) is 17.8 Å². The van der Waals surface area contributed by atoms with Crippen LogP contribution in [0.3, 0.4) is 0 Å². The van der Waals surface area contributed by atoms with Crippen molar-refractivity contribution in [3.63, 3.8) is 0 Å². The van der Waals surface area contributed by atoms with Crippen molar-refractivity contribution in [3.05, 3.63) is 70.3 Å². The average molecular weight is 655 g/mol. The number of amides is 1. The van der Waals surface area contributed by atoms with E-state index in [0.29, 0.717) is 30.4 Å². The van der Waals surface area contributed by atoms with Gasteiger partial charge in [0.1, 0.15) is 5.75 Å². The van der Waals surface area contributed by atoms with Crippen molar-refractivity contribution in [2.24, 2.45) is 17.8 Å². The summed E-state index contributed by atoms with van der Waals surface area (Å²) in [5, 5.41) is -0.000814. The number of carbonyl (C=O) groups excluding carboxylic acids is 1. The van der Waals surface area contributed by atoms with Gasteiger partial charge in [0.25, 0.3) is 5.91 Å². The van der Waals surface area contributed by atoms with Gasteiger partial charge < -0.3 is 14.4 Å². The number of nitrogens with one attached hydrogen (secondary N) is 1. The molecule has 4 aliphatic rings. The van der Waals surface area contributed by atoms with Crippen LogP contribution in [0.4, 0.5) is 5.69 Å². The fourth-order valence-corrected chi connectivity index (χ4v) is 9.81. The maximum Gasteiger partial charge on any atom is 0.264 e. The van der Waals surface area contributed by atoms with E-state index in [1.54, 1.807) is 13.0 Å². The summed E-state index contributed by atoms with van der Waals surface area (Å²) in [6.45, 7) is 7.85. The van der Waals surface area contributed by atoms with Crippen molar-refractivity contribution in [1.82, 2.24) is 4.72 Å². The van der Waals surface area contributed by atoms with E-state index >= 15 is 0 Å². The molecular formula is C36H47ClN2O5S. The van der Waals surface area contributed by atoms with Crippen LogP contribution in [-0.4, -0.2) is 52.0 Å². The standard InChI is InChI=1S/C36H47ClN2O5S/c1-5-16-36(43-4)18-6-8-24(2)25(3)45(41,42)38-34(40)27-11-15-33-32(20-27)39(21-28-10-13-31(28)36)22-35(23-44-33)17-7-9-26-19-29(37)12-14-30(26)35/h6,11-12,14-15,18-20,24-25,28,31H,5,7-10,13,16-17,21-23H2,1-4H3,(H,38,40)/b18-6+/t24-,25+,28-,31+,35-,36-/m0/s1. The number of carbonyl (C=O) groups is 1. The Hall–Kier alpha value is -2.55. The smallest absolute Gasteiger partial charge is 0.264 e. The van der Waals surface area contributed by atoms with Gasteiger partial charge in [0.05, 0.1) is 23.1 Å². The Morgan fingerprint density at radius 3 is 2.71 bits per heavy atom. The normalized spacial score (nSPS) is 33.5. The molecule has 45 heavy (non-hydrogen) atoms. The zero-order chi connectivity index (χ0) is 32.0. The molecule has 244 valence electrons. The molecule has 0 radical (unpaired) electrons. The topological polar surface area (TPSA) is 84.9 Å². The van der Waals surface area contributed by atoms with E-state index in [0.717, 1.165) is 74.5 Å². The summed E-state index contributed by atoms with van der Waals surface area (Å²) in [7, 11) is -2.09. The molecule has 2 heterocycles. The Balaban J connectivity index is 1.46. The predicted octanol–water partition coefficient (Wildman–Crippen LogP) is 7.07. The van der Waals surface area contributed by atoms with Gasteiger partial charge >= 0.3 is 0 Å². The van der Waals surface area contributed by atoms with Crippen LogP contribution >= 0.6 is 11.6 Å². The highest BCUT2D eigenvalue weighted by Gasteiger charge is 2.48. The van der Waals surface area contributed by atoms with Crippen molar-refractivity contribution >= 4 is 33.2 Å². The number of halogens is 1. The second kappa shape index (κ2) is 12.6. The third kappa shape index (κ3) is 6.03. The number of hydrogen-bond donors (Lipinski definition) is 1. The van der Waals surface area contributed by atoms with E-state index in [2.05, 4.69) is 40.8 Å². The monoisotopic (exact) mass is 654 g/mol. The lowest BCUT2D eigenvalue weighted by Crippen LogP contribution is -2.53. The molecule has 0 saturated heterocycles. The molecule has 2 aromatic carbocycles. The molecule has 1 fully saturated rings. The minimum atomic E-state index is -3.91. The van der Waals surface area contributed by atoms with Crippen molar-refractivity contribution in [2.45, 2.75) is 88.4 Å². The third-order valence-corrected chi connectivity index (χ3v) is 13.4. The van der Waals surface area contributed by atoms with Gasteiger partial charge in [0.15, 0.2) is 0 Å². The lowest BCUT2D eigenvalue weighted by molar-refractivity contribution is -0.0803. The molecule has 1 amide bonds. The quantitative estimate of drug-likeness (QED) is 0.357. The average Bonchev–Trinajstić information content (AvgIpc) is 3.15. The van der Waals surface area contributed by atoms with Gasteiger partial charge in [-0.1, -0.05) is 50.1 Å². The summed E-state index contributed by atoms with van der Waals surface area (Å²) >= 11 is 6.44. The summed E-state index contributed by atoms with van der Waals surface area (Å²) in [6.07, 6.45) is 12.0. The summed E-state index contributed by atoms with van der Waals surface area (Å²) in [6, 6.07) is 11.6. The Morgan fingerprint density at radius 1 is 1.16 bits per heavy atom. The predicted molar refractivity (Wildman–Crippen MR) is 180 cm³/mol. The molecule has 2 aromatic rings. The second-order valence-electron chi connectivity index (χ2n) is 13.9. The van der Waals surface area contributed by atoms with E-state index in [4.69, 9.17) is 21.1 Å². The minimum absolute atomic E-state index is 0.187. The van der Waals surface area contributed by atoms with Crippen LogP contribution in [0.2, 0.25) is 5.02 Å². The molecule has 1 N–H and O–H groups in total. The van der Waals surface area contributed by atoms with Crippen LogP contribution in [0.15, 0.2) is 48.6 Å². The van der Waals surface area contributed by atoms with Crippen LogP contribution in [0.1, 0.15) is 87.2 Å². The van der Waals surface area contributed by atoms with Gasteiger partial charge in [-0.25, -0.2) is 13.1 Å². The summed E-state index contributed by atoms with van der Waals surface area (Å²) < 4.78 is 42.1. The Kier molecular flexibility index (Phi) is 9.05. The van der Waals surface area contributed by atoms with E-state index in [1.807, 2.05) is 32.2 Å². The highest BCUT2D eigenvalue weighted by Crippen LogP contribution is 2.50. The maximum absolute atomic E-state index is 13.5. The molecule has 6 atom stereocenters. The number of fused-ring (bicyclic) bond motifs is 4. The maximum atomic E-state index is 13.5. The van der Waals surface area contributed by atoms with E-state index in [-0.39, 0.29) is 11.3 Å². The van der Waals surface area contributed by atoms with Crippen LogP contribution in [0.25, 0.3) is 0 Å². The van der Waals surface area contributed by atoms with Gasteiger partial charge in [-0.15, -0.1) is 0 Å². The first kappa shape index (κ1) is 32.4. The first-order valence-electron chi connectivity index (χ1n) is 16.6. The van der Waals surface area contributed by atoms with E-state index < -0.39 is 26.8 Å². The van der Waals surface area contributed by atoms with Crippen molar-refractivity contribution in [1.29, 1.82) is 0 Å². The third-order valence-electron chi connectivity index (χ3n) is 11.3. The molecule has 2 aliphatic heterocycles. The number of anilines is 1. The minimum Gasteiger partial charge on any atom is -0.490 e. The zero-order valence-electron chi connectivity index (χ0n) is 27.0. The number of hydrogen-bond acceptors (Lipinski definition) is 6. The molecule has 2 aliphatic carbocycles. The Labute approximate surface area is 273 Å². The molecule has 2 bridgehead atoms. The molecule has 1 saturated carbocycles. The fraction of sp³-hybridized carbons (Fsp3) is 0.583. The first-order valence-corrected chi connectivity index (χ1v) is 18.5. The van der Waals surface area contributed by atoms with E-state index in [1.165, 1.54) is 11.1 Å². The van der Waals surface area contributed by atoms with Crippen LogP contribution < -0.4 is 14.4 Å². The largest absolute Gasteiger partial charge is 0.490 e. The zero-order valence-corrected chi connectivity index (χ0v) is 28.6. The molecule has 9 heteroatoms. The van der Waals surface area contributed by atoms with Crippen molar-refractivity contribution < 1.29 is 22.7 Å². The molecule has 7 nitrogen and oxygen atoms in total. The molecule has 1 spiro atoms. The number of aryl methyl sites for hydroxylation is 1. The summed E-state index contributed by atoms with van der Waals surface area (Å²) in [5.74, 6) is 0.639. The number of allylic oxidation sites excluding steroid dienone is 1. The number of rotatable bonds is 3. The highest BCUT2D eigenvalue weighted by atomic mass is 35.5. The van der Waals surface area contributed by atoms with Gasteiger partial charge in [0.2, 0.25) is 10.0 Å². The van der Waals surface area contributed by atoms with Crippen LogP contribution in [-0.2, 0) is 26.6 Å². The van der Waals surface area contributed by atoms with Crippen molar-refractivity contribution in [3.8, 4) is 5.75 Å². The Morgan fingerprint density at radius 2 is 1.98 bits per heavy atom. The second-order valence-corrected chi connectivity index (χ2v) is 16.4. The Bertz CT molecular complexity index is 1580. The highest BCUT2D eigenvalue weighted by molar-refractivity contribution is 7.90. The number of nitrogens with zero attached hydrogens (tertiary/aromatic N) is 1. The number of sulfonamides is 1. The lowest BCUT2D eigenvalue weighted by atomic mass is 9.62. The number of methoxy groups -OCH3 is 1. The van der Waals surface area contributed by atoms with Crippen LogP contribution in [0.5, 0.6) is 5.75 Å². The molecule has 0 unspecified atom stereocenters.